The molecule has 0 spiro atoms. The molecule has 3 heteroatoms. The first-order valence-electron chi connectivity index (χ1n) is 6.05. The second-order valence-corrected chi connectivity index (χ2v) is 5.27. The van der Waals surface area contributed by atoms with Gasteiger partial charge in [0.05, 0.1) is 0 Å². The Bertz CT molecular complexity index is 210. The Morgan fingerprint density at radius 1 is 1.47 bits per heavy atom. The number of nitrogens with one attached hydrogen (secondary N) is 1. The molecule has 0 aliphatic heterocycles. The van der Waals surface area contributed by atoms with Gasteiger partial charge in [-0.25, -0.2) is 0 Å². The van der Waals surface area contributed by atoms with E-state index in [4.69, 9.17) is 5.73 Å². The van der Waals surface area contributed by atoms with Gasteiger partial charge in [0.25, 0.3) is 0 Å². The van der Waals surface area contributed by atoms with Crippen molar-refractivity contribution in [2.75, 3.05) is 13.1 Å². The SMILES string of the molecule is CC(C)CC1(CNC(=O)CCCN)CC1. The average molecular weight is 212 g/mol. The third-order valence-electron chi connectivity index (χ3n) is 3.07. The molecular weight excluding hydrogens is 188 g/mol. The maximum absolute atomic E-state index is 11.4. The lowest BCUT2D eigenvalue weighted by Gasteiger charge is -2.18. The summed E-state index contributed by atoms with van der Waals surface area (Å²) in [5.74, 6) is 0.893. The fraction of sp³-hybridized carbons (Fsp3) is 0.917. The third-order valence-corrected chi connectivity index (χ3v) is 3.07. The first-order valence-corrected chi connectivity index (χ1v) is 6.05. The van der Waals surface area contributed by atoms with Crippen molar-refractivity contribution >= 4 is 5.91 Å². The van der Waals surface area contributed by atoms with Crippen LogP contribution in [0.25, 0.3) is 0 Å². The van der Waals surface area contributed by atoms with Crippen LogP contribution >= 0.6 is 0 Å². The van der Waals surface area contributed by atoms with E-state index in [0.29, 0.717) is 18.4 Å². The summed E-state index contributed by atoms with van der Waals surface area (Å²) in [5.41, 5.74) is 5.79. The summed E-state index contributed by atoms with van der Waals surface area (Å²) < 4.78 is 0. The van der Waals surface area contributed by atoms with Crippen LogP contribution in [0.2, 0.25) is 0 Å². The highest BCUT2D eigenvalue weighted by molar-refractivity contribution is 5.75. The molecule has 0 aromatic carbocycles. The highest BCUT2D eigenvalue weighted by Crippen LogP contribution is 2.49. The van der Waals surface area contributed by atoms with Crippen LogP contribution in [-0.2, 0) is 4.79 Å². The molecule has 1 amide bonds. The number of carbonyl (C=O) groups excluding carboxylic acids is 1. The topological polar surface area (TPSA) is 55.1 Å². The highest BCUT2D eigenvalue weighted by atomic mass is 16.1. The van der Waals surface area contributed by atoms with Crippen LogP contribution in [-0.4, -0.2) is 19.0 Å². The molecule has 0 aromatic rings. The molecule has 1 aliphatic rings. The van der Waals surface area contributed by atoms with E-state index in [-0.39, 0.29) is 5.91 Å². The molecule has 0 unspecified atom stereocenters. The summed E-state index contributed by atoms with van der Waals surface area (Å²) >= 11 is 0. The van der Waals surface area contributed by atoms with Crippen LogP contribution in [0.1, 0.15) is 46.0 Å². The van der Waals surface area contributed by atoms with Crippen LogP contribution < -0.4 is 11.1 Å². The van der Waals surface area contributed by atoms with Gasteiger partial charge in [0.2, 0.25) is 5.91 Å². The zero-order valence-corrected chi connectivity index (χ0v) is 10.0. The van der Waals surface area contributed by atoms with Crippen LogP contribution in [0.3, 0.4) is 0 Å². The van der Waals surface area contributed by atoms with E-state index in [0.717, 1.165) is 18.9 Å². The number of amides is 1. The fourth-order valence-corrected chi connectivity index (χ4v) is 2.13. The lowest BCUT2D eigenvalue weighted by molar-refractivity contribution is -0.121. The second kappa shape index (κ2) is 5.50. The molecule has 1 fully saturated rings. The van der Waals surface area contributed by atoms with E-state index in [1.165, 1.54) is 19.3 Å². The average Bonchev–Trinajstić information content (AvgIpc) is 2.91. The Balaban J connectivity index is 2.16. The van der Waals surface area contributed by atoms with Crippen LogP contribution in [0.15, 0.2) is 0 Å². The van der Waals surface area contributed by atoms with Crippen molar-refractivity contribution in [2.24, 2.45) is 17.1 Å². The maximum Gasteiger partial charge on any atom is 0.220 e. The zero-order chi connectivity index (χ0) is 11.3. The van der Waals surface area contributed by atoms with Gasteiger partial charge in [0, 0.05) is 13.0 Å². The predicted octanol–water partition coefficient (Wildman–Crippen LogP) is 1.67. The molecule has 88 valence electrons. The number of nitrogens with two attached hydrogens (primary N) is 1. The van der Waals surface area contributed by atoms with Crippen LogP contribution in [0.4, 0.5) is 0 Å². The Morgan fingerprint density at radius 2 is 2.13 bits per heavy atom. The molecule has 3 nitrogen and oxygen atoms in total. The zero-order valence-electron chi connectivity index (χ0n) is 10.0. The molecule has 1 saturated carbocycles. The Kier molecular flexibility index (Phi) is 4.58. The van der Waals surface area contributed by atoms with E-state index in [9.17, 15) is 4.79 Å². The van der Waals surface area contributed by atoms with Crippen molar-refractivity contribution in [3.63, 3.8) is 0 Å². The van der Waals surface area contributed by atoms with Gasteiger partial charge in [-0.1, -0.05) is 13.8 Å². The summed E-state index contributed by atoms with van der Waals surface area (Å²) in [6.45, 7) is 5.96. The lowest BCUT2D eigenvalue weighted by atomic mass is 9.94. The summed E-state index contributed by atoms with van der Waals surface area (Å²) in [6.07, 6.45) is 5.17. The monoisotopic (exact) mass is 212 g/mol. The predicted molar refractivity (Wildman–Crippen MR) is 62.4 cm³/mol. The molecule has 0 aromatic heterocycles. The van der Waals surface area contributed by atoms with Crippen molar-refractivity contribution in [2.45, 2.75) is 46.0 Å². The van der Waals surface area contributed by atoms with Gasteiger partial charge >= 0.3 is 0 Å². The van der Waals surface area contributed by atoms with E-state index >= 15 is 0 Å². The van der Waals surface area contributed by atoms with Gasteiger partial charge in [-0.05, 0) is 43.6 Å². The summed E-state index contributed by atoms with van der Waals surface area (Å²) in [6, 6.07) is 0. The van der Waals surface area contributed by atoms with Gasteiger partial charge < -0.3 is 11.1 Å². The second-order valence-electron chi connectivity index (χ2n) is 5.27. The lowest BCUT2D eigenvalue weighted by Crippen LogP contribution is -2.31. The Hall–Kier alpha value is -0.570. The molecule has 15 heavy (non-hydrogen) atoms. The minimum absolute atomic E-state index is 0.162. The highest BCUT2D eigenvalue weighted by Gasteiger charge is 2.42. The van der Waals surface area contributed by atoms with Crippen molar-refractivity contribution in [3.8, 4) is 0 Å². The number of hydrogen-bond donors (Lipinski definition) is 2. The molecule has 0 atom stereocenters. The molecule has 0 bridgehead atoms. The van der Waals surface area contributed by atoms with Gasteiger partial charge in [-0.15, -0.1) is 0 Å². The minimum Gasteiger partial charge on any atom is -0.356 e. The smallest absolute Gasteiger partial charge is 0.220 e. The largest absolute Gasteiger partial charge is 0.356 e. The van der Waals surface area contributed by atoms with E-state index < -0.39 is 0 Å². The fourth-order valence-electron chi connectivity index (χ4n) is 2.13. The van der Waals surface area contributed by atoms with E-state index in [2.05, 4.69) is 19.2 Å². The summed E-state index contributed by atoms with van der Waals surface area (Å²) in [5, 5.41) is 3.03. The van der Waals surface area contributed by atoms with Crippen molar-refractivity contribution in [1.82, 2.24) is 5.32 Å². The number of hydrogen-bond acceptors (Lipinski definition) is 2. The first-order chi connectivity index (χ1) is 7.08. The van der Waals surface area contributed by atoms with Crippen LogP contribution in [0.5, 0.6) is 0 Å². The first kappa shape index (κ1) is 12.5. The Labute approximate surface area is 92.8 Å². The van der Waals surface area contributed by atoms with Gasteiger partial charge in [0.1, 0.15) is 0 Å². The number of carbonyl (C=O) groups is 1. The summed E-state index contributed by atoms with van der Waals surface area (Å²) in [4.78, 5) is 11.4. The molecular formula is C12H24N2O. The third kappa shape index (κ3) is 4.65. The molecule has 1 rings (SSSR count). The van der Waals surface area contributed by atoms with E-state index in [1.807, 2.05) is 0 Å². The normalized spacial score (nSPS) is 17.9. The van der Waals surface area contributed by atoms with Gasteiger partial charge in [-0.3, -0.25) is 4.79 Å². The maximum atomic E-state index is 11.4. The molecule has 0 heterocycles. The molecule has 0 radical (unpaired) electrons. The molecule has 0 saturated heterocycles. The Morgan fingerprint density at radius 3 is 2.60 bits per heavy atom. The van der Waals surface area contributed by atoms with Gasteiger partial charge in [-0.2, -0.15) is 0 Å². The summed E-state index contributed by atoms with van der Waals surface area (Å²) in [7, 11) is 0. The minimum atomic E-state index is 0.162. The van der Waals surface area contributed by atoms with Gasteiger partial charge in [0.15, 0.2) is 0 Å². The van der Waals surface area contributed by atoms with Crippen LogP contribution in [0, 0.1) is 11.3 Å². The quantitative estimate of drug-likeness (QED) is 0.674. The van der Waals surface area contributed by atoms with Crippen molar-refractivity contribution < 1.29 is 4.79 Å². The van der Waals surface area contributed by atoms with Crippen molar-refractivity contribution in [3.05, 3.63) is 0 Å². The molecule has 1 aliphatic carbocycles. The number of rotatable bonds is 7. The molecule has 3 N–H and O–H groups in total. The van der Waals surface area contributed by atoms with Crippen molar-refractivity contribution in [1.29, 1.82) is 0 Å². The standard InChI is InChI=1S/C12H24N2O/c1-10(2)8-12(5-6-12)9-14-11(15)4-3-7-13/h10H,3-9,13H2,1-2H3,(H,14,15). The van der Waals surface area contributed by atoms with E-state index in [1.54, 1.807) is 0 Å².